The third-order valence-corrected chi connectivity index (χ3v) is 3.54. The molecule has 0 saturated heterocycles. The highest BCUT2D eigenvalue weighted by Gasteiger charge is 2.44. The Hall–Kier alpha value is -2.17. The number of nitrogens with zero attached hydrogens (tertiary/aromatic N) is 2. The smallest absolute Gasteiger partial charge is 0.329 e. The summed E-state index contributed by atoms with van der Waals surface area (Å²) in [7, 11) is 0. The number of carboxylic acid groups (broad SMARTS) is 1. The van der Waals surface area contributed by atoms with Crippen molar-refractivity contribution in [2.75, 3.05) is 5.32 Å². The van der Waals surface area contributed by atoms with E-state index in [4.69, 9.17) is 0 Å². The average molecular weight is 243 g/mol. The van der Waals surface area contributed by atoms with Crippen LogP contribution in [0.5, 0.6) is 0 Å². The van der Waals surface area contributed by atoms with Gasteiger partial charge in [0.05, 0.1) is 17.4 Å². The third-order valence-electron chi connectivity index (χ3n) is 3.54. The number of aliphatic carboxylic acids is 1. The van der Waals surface area contributed by atoms with Crippen LogP contribution in [0.25, 0.3) is 10.9 Å². The van der Waals surface area contributed by atoms with E-state index in [0.717, 1.165) is 23.0 Å². The number of hydrogen-bond donors (Lipinski definition) is 2. The minimum absolute atomic E-state index is 0.652. The molecular weight excluding hydrogens is 230 g/mol. The summed E-state index contributed by atoms with van der Waals surface area (Å²) in [6.07, 6.45) is 3.83. The second-order valence-corrected chi connectivity index (χ2v) is 4.64. The maximum absolute atomic E-state index is 11.3. The fourth-order valence-electron chi connectivity index (χ4n) is 2.29. The zero-order chi connectivity index (χ0) is 12.6. The van der Waals surface area contributed by atoms with Crippen LogP contribution in [0.4, 0.5) is 5.69 Å². The zero-order valence-corrected chi connectivity index (χ0v) is 9.76. The lowest BCUT2D eigenvalue weighted by Gasteiger charge is -2.39. The molecule has 0 unspecified atom stereocenters. The Morgan fingerprint density at radius 1 is 1.33 bits per heavy atom. The highest BCUT2D eigenvalue weighted by Crippen LogP contribution is 2.36. The maximum Gasteiger partial charge on any atom is 0.329 e. The van der Waals surface area contributed by atoms with E-state index >= 15 is 0 Å². The van der Waals surface area contributed by atoms with Gasteiger partial charge in [0.15, 0.2) is 0 Å². The van der Waals surface area contributed by atoms with Crippen LogP contribution in [0, 0.1) is 0 Å². The van der Waals surface area contributed by atoms with Crippen molar-refractivity contribution in [3.05, 3.63) is 30.5 Å². The first-order chi connectivity index (χ1) is 8.71. The lowest BCUT2D eigenvalue weighted by Crippen LogP contribution is -2.52. The molecule has 92 valence electrons. The van der Waals surface area contributed by atoms with Crippen LogP contribution < -0.4 is 5.32 Å². The van der Waals surface area contributed by atoms with E-state index in [9.17, 15) is 9.90 Å². The van der Waals surface area contributed by atoms with Crippen molar-refractivity contribution < 1.29 is 9.90 Å². The van der Waals surface area contributed by atoms with Crippen LogP contribution in [0.3, 0.4) is 0 Å². The van der Waals surface area contributed by atoms with E-state index in [0.29, 0.717) is 12.8 Å². The first-order valence-electron chi connectivity index (χ1n) is 5.93. The molecule has 1 aromatic heterocycles. The molecule has 0 atom stereocenters. The average Bonchev–Trinajstić information content (AvgIpc) is 2.33. The topological polar surface area (TPSA) is 75.1 Å². The fraction of sp³-hybridized carbons (Fsp3) is 0.308. The summed E-state index contributed by atoms with van der Waals surface area (Å²) in [5.41, 5.74) is 0.677. The van der Waals surface area contributed by atoms with Gasteiger partial charge in [0.1, 0.15) is 5.54 Å². The van der Waals surface area contributed by atoms with Gasteiger partial charge in [-0.25, -0.2) is 4.79 Å². The summed E-state index contributed by atoms with van der Waals surface area (Å²) < 4.78 is 0. The SMILES string of the molecule is O=C(O)C1(Nc2cnnc3ccccc23)CCC1. The molecule has 0 aliphatic heterocycles. The Labute approximate surface area is 104 Å². The first-order valence-corrected chi connectivity index (χ1v) is 5.93. The molecule has 1 saturated carbocycles. The van der Waals surface area contributed by atoms with E-state index in [1.165, 1.54) is 0 Å². The van der Waals surface area contributed by atoms with E-state index in [-0.39, 0.29) is 0 Å². The van der Waals surface area contributed by atoms with E-state index < -0.39 is 11.5 Å². The Bertz CT molecular complexity index is 603. The lowest BCUT2D eigenvalue weighted by molar-refractivity contribution is -0.145. The van der Waals surface area contributed by atoms with Gasteiger partial charge < -0.3 is 10.4 Å². The molecule has 0 amide bonds. The second-order valence-electron chi connectivity index (χ2n) is 4.64. The number of benzene rings is 1. The number of fused-ring (bicyclic) bond motifs is 1. The van der Waals surface area contributed by atoms with Gasteiger partial charge in [0.25, 0.3) is 0 Å². The normalized spacial score (nSPS) is 17.1. The van der Waals surface area contributed by atoms with E-state index in [2.05, 4.69) is 15.5 Å². The van der Waals surface area contributed by atoms with E-state index in [1.807, 2.05) is 24.3 Å². The van der Waals surface area contributed by atoms with E-state index in [1.54, 1.807) is 6.20 Å². The summed E-state index contributed by atoms with van der Waals surface area (Å²) in [5, 5.41) is 21.3. The molecular formula is C13H13N3O2. The van der Waals surface area contributed by atoms with Gasteiger partial charge in [0, 0.05) is 5.39 Å². The monoisotopic (exact) mass is 243 g/mol. The van der Waals surface area contributed by atoms with Gasteiger partial charge in [-0.3, -0.25) is 0 Å². The molecule has 1 aliphatic rings. The minimum atomic E-state index is -0.828. The number of carbonyl (C=O) groups is 1. The van der Waals surface area contributed by atoms with Gasteiger partial charge in [-0.1, -0.05) is 18.2 Å². The summed E-state index contributed by atoms with van der Waals surface area (Å²) in [6, 6.07) is 7.57. The molecule has 18 heavy (non-hydrogen) atoms. The first kappa shape index (κ1) is 11.0. The molecule has 0 spiro atoms. The van der Waals surface area contributed by atoms with Crippen LogP contribution in [0.2, 0.25) is 0 Å². The lowest BCUT2D eigenvalue weighted by atomic mass is 9.76. The molecule has 5 nitrogen and oxygen atoms in total. The van der Waals surface area contributed by atoms with Crippen LogP contribution in [-0.4, -0.2) is 26.8 Å². The van der Waals surface area contributed by atoms with Crippen molar-refractivity contribution in [2.24, 2.45) is 0 Å². The van der Waals surface area contributed by atoms with Crippen molar-refractivity contribution in [1.82, 2.24) is 10.2 Å². The van der Waals surface area contributed by atoms with Crippen LogP contribution in [0.15, 0.2) is 30.5 Å². The molecule has 1 aromatic carbocycles. The van der Waals surface area contributed by atoms with Crippen LogP contribution in [0.1, 0.15) is 19.3 Å². The Balaban J connectivity index is 2.02. The zero-order valence-electron chi connectivity index (χ0n) is 9.76. The van der Waals surface area contributed by atoms with Gasteiger partial charge >= 0.3 is 5.97 Å². The summed E-state index contributed by atoms with van der Waals surface area (Å²) >= 11 is 0. The molecule has 1 heterocycles. The summed E-state index contributed by atoms with van der Waals surface area (Å²) in [4.78, 5) is 11.3. The van der Waals surface area contributed by atoms with Gasteiger partial charge in [0.2, 0.25) is 0 Å². The van der Waals surface area contributed by atoms with Crippen molar-refractivity contribution in [1.29, 1.82) is 0 Å². The quantitative estimate of drug-likeness (QED) is 0.862. The standard InChI is InChI=1S/C13H13N3O2/c17-12(18)13(6-3-7-13)15-11-8-14-16-10-5-2-1-4-9(10)11/h1-2,4-5,8H,3,6-7H2,(H,15,16)(H,17,18). The number of aromatic nitrogens is 2. The fourth-order valence-corrected chi connectivity index (χ4v) is 2.29. The molecule has 2 N–H and O–H groups in total. The van der Waals surface area contributed by atoms with Gasteiger partial charge in [-0.2, -0.15) is 10.2 Å². The largest absolute Gasteiger partial charge is 0.480 e. The predicted octanol–water partition coefficient (Wildman–Crippen LogP) is 2.05. The number of carboxylic acids is 1. The molecule has 1 aliphatic carbocycles. The summed E-state index contributed by atoms with van der Waals surface area (Å²) in [5.74, 6) is -0.797. The Morgan fingerprint density at radius 2 is 2.11 bits per heavy atom. The molecule has 0 bridgehead atoms. The number of anilines is 1. The molecule has 3 rings (SSSR count). The predicted molar refractivity (Wildman–Crippen MR) is 67.4 cm³/mol. The third kappa shape index (κ3) is 1.59. The molecule has 0 radical (unpaired) electrons. The van der Waals surface area contributed by atoms with Crippen LogP contribution in [-0.2, 0) is 4.79 Å². The molecule has 1 fully saturated rings. The van der Waals surface area contributed by atoms with Crippen molar-refractivity contribution in [3.8, 4) is 0 Å². The van der Waals surface area contributed by atoms with Crippen molar-refractivity contribution in [2.45, 2.75) is 24.8 Å². The Morgan fingerprint density at radius 3 is 2.78 bits per heavy atom. The number of hydrogen-bond acceptors (Lipinski definition) is 4. The number of rotatable bonds is 3. The maximum atomic E-state index is 11.3. The minimum Gasteiger partial charge on any atom is -0.480 e. The van der Waals surface area contributed by atoms with Gasteiger partial charge in [-0.15, -0.1) is 0 Å². The van der Waals surface area contributed by atoms with Crippen molar-refractivity contribution in [3.63, 3.8) is 0 Å². The second kappa shape index (κ2) is 3.94. The highest BCUT2D eigenvalue weighted by molar-refractivity contribution is 5.93. The molecule has 5 heteroatoms. The number of nitrogens with one attached hydrogen (secondary N) is 1. The summed E-state index contributed by atoms with van der Waals surface area (Å²) in [6.45, 7) is 0. The van der Waals surface area contributed by atoms with Crippen molar-refractivity contribution >= 4 is 22.6 Å². The van der Waals surface area contributed by atoms with Crippen LogP contribution >= 0.6 is 0 Å². The Kier molecular flexibility index (Phi) is 2.40. The molecule has 2 aromatic rings. The highest BCUT2D eigenvalue weighted by atomic mass is 16.4. The van der Waals surface area contributed by atoms with Gasteiger partial charge in [-0.05, 0) is 25.3 Å².